The Hall–Kier alpha value is -3.21. The lowest BCUT2D eigenvalue weighted by atomic mass is 9.98. The number of hydrogen-bond acceptors (Lipinski definition) is 4. The molecular formula is C22H24N4O. The maximum absolute atomic E-state index is 12.3. The van der Waals surface area contributed by atoms with Crippen molar-refractivity contribution < 1.29 is 4.79 Å². The van der Waals surface area contributed by atoms with Crippen molar-refractivity contribution in [1.82, 2.24) is 15.3 Å². The molecule has 0 unspecified atom stereocenters. The van der Waals surface area contributed by atoms with E-state index in [-0.39, 0.29) is 5.91 Å². The van der Waals surface area contributed by atoms with Gasteiger partial charge in [0.25, 0.3) is 5.91 Å². The van der Waals surface area contributed by atoms with Gasteiger partial charge in [-0.1, -0.05) is 38.1 Å². The smallest absolute Gasteiger partial charge is 0.270 e. The number of anilines is 2. The molecule has 1 aromatic carbocycles. The van der Waals surface area contributed by atoms with Gasteiger partial charge >= 0.3 is 0 Å². The van der Waals surface area contributed by atoms with Gasteiger partial charge in [0.15, 0.2) is 0 Å². The van der Waals surface area contributed by atoms with E-state index in [1.54, 1.807) is 24.7 Å². The third-order valence-corrected chi connectivity index (χ3v) is 4.37. The van der Waals surface area contributed by atoms with E-state index in [1.807, 2.05) is 18.2 Å². The summed E-state index contributed by atoms with van der Waals surface area (Å²) in [6, 6.07) is 13.7. The number of pyridine rings is 2. The summed E-state index contributed by atoms with van der Waals surface area (Å²) in [5.41, 5.74) is 5.73. The zero-order valence-electron chi connectivity index (χ0n) is 15.9. The molecule has 27 heavy (non-hydrogen) atoms. The van der Waals surface area contributed by atoms with Crippen molar-refractivity contribution >= 4 is 17.3 Å². The molecule has 0 bridgehead atoms. The maximum atomic E-state index is 12.3. The van der Waals surface area contributed by atoms with E-state index < -0.39 is 0 Å². The van der Waals surface area contributed by atoms with Gasteiger partial charge in [0.2, 0.25) is 0 Å². The van der Waals surface area contributed by atoms with Gasteiger partial charge < -0.3 is 10.6 Å². The summed E-state index contributed by atoms with van der Waals surface area (Å²) in [5.74, 6) is 0.210. The molecule has 3 aromatic rings. The van der Waals surface area contributed by atoms with Crippen LogP contribution in [0.3, 0.4) is 0 Å². The van der Waals surface area contributed by atoms with E-state index in [4.69, 9.17) is 0 Å². The van der Waals surface area contributed by atoms with E-state index >= 15 is 0 Å². The normalized spacial score (nSPS) is 10.7. The molecule has 1 amide bonds. The highest BCUT2D eigenvalue weighted by atomic mass is 16.1. The summed E-state index contributed by atoms with van der Waals surface area (Å²) < 4.78 is 0. The van der Waals surface area contributed by atoms with Gasteiger partial charge in [-0.3, -0.25) is 9.78 Å². The predicted octanol–water partition coefficient (Wildman–Crippen LogP) is 4.58. The average molecular weight is 360 g/mol. The maximum Gasteiger partial charge on any atom is 0.270 e. The van der Waals surface area contributed by atoms with Gasteiger partial charge in [-0.2, -0.15) is 0 Å². The highest BCUT2D eigenvalue weighted by molar-refractivity contribution is 5.92. The minimum absolute atomic E-state index is 0.204. The van der Waals surface area contributed by atoms with Gasteiger partial charge in [-0.25, -0.2) is 4.98 Å². The third-order valence-electron chi connectivity index (χ3n) is 4.37. The zero-order valence-corrected chi connectivity index (χ0v) is 15.9. The number of nitrogens with zero attached hydrogens (tertiary/aromatic N) is 2. The Morgan fingerprint density at radius 1 is 1.07 bits per heavy atom. The topological polar surface area (TPSA) is 66.9 Å². The van der Waals surface area contributed by atoms with Crippen molar-refractivity contribution in [3.63, 3.8) is 0 Å². The monoisotopic (exact) mass is 360 g/mol. The molecule has 3 rings (SSSR count). The molecular weight excluding hydrogens is 336 g/mol. The van der Waals surface area contributed by atoms with Crippen molar-refractivity contribution in [1.29, 1.82) is 0 Å². The van der Waals surface area contributed by atoms with Crippen LogP contribution in [0.1, 0.15) is 46.9 Å². The Labute approximate surface area is 159 Å². The second-order valence-electron chi connectivity index (χ2n) is 6.79. The summed E-state index contributed by atoms with van der Waals surface area (Å²) >= 11 is 0. The second-order valence-corrected chi connectivity index (χ2v) is 6.79. The zero-order chi connectivity index (χ0) is 19.2. The highest BCUT2D eigenvalue weighted by Crippen LogP contribution is 2.29. The lowest BCUT2D eigenvalue weighted by Gasteiger charge is -2.17. The average Bonchev–Trinajstić information content (AvgIpc) is 2.69. The Balaban J connectivity index is 1.68. The fourth-order valence-electron chi connectivity index (χ4n) is 2.86. The molecule has 0 aliphatic heterocycles. The molecule has 2 aromatic heterocycles. The minimum Gasteiger partial charge on any atom is -0.354 e. The van der Waals surface area contributed by atoms with Crippen molar-refractivity contribution in [3.05, 3.63) is 83.4 Å². The van der Waals surface area contributed by atoms with Crippen LogP contribution >= 0.6 is 0 Å². The minimum atomic E-state index is -0.204. The molecule has 0 fully saturated rings. The number of amides is 1. The van der Waals surface area contributed by atoms with E-state index in [1.165, 1.54) is 11.1 Å². The Kier molecular flexibility index (Phi) is 5.81. The molecule has 0 aliphatic carbocycles. The van der Waals surface area contributed by atoms with Crippen LogP contribution in [0.25, 0.3) is 0 Å². The van der Waals surface area contributed by atoms with E-state index in [9.17, 15) is 4.79 Å². The van der Waals surface area contributed by atoms with Crippen LogP contribution in [0, 0.1) is 6.92 Å². The standard InChI is InChI=1S/C22H24N4O/c1-15(2)19-8-4-6-16(3)21(19)26-18-9-10-20(24-14-18)22(27)25-13-17-7-5-11-23-12-17/h4-12,14-15,26H,13H2,1-3H3,(H,25,27). The molecule has 0 aliphatic rings. The number of carbonyl (C=O) groups excluding carboxylic acids is 1. The van der Waals surface area contributed by atoms with Crippen molar-refractivity contribution in [2.24, 2.45) is 0 Å². The van der Waals surface area contributed by atoms with Crippen LogP contribution in [0.4, 0.5) is 11.4 Å². The lowest BCUT2D eigenvalue weighted by molar-refractivity contribution is 0.0946. The number of rotatable bonds is 6. The quantitative estimate of drug-likeness (QED) is 0.675. The van der Waals surface area contributed by atoms with Crippen LogP contribution in [-0.4, -0.2) is 15.9 Å². The number of hydrogen-bond donors (Lipinski definition) is 2. The van der Waals surface area contributed by atoms with Crippen molar-refractivity contribution in [2.45, 2.75) is 33.2 Å². The van der Waals surface area contributed by atoms with Gasteiger partial charge in [0, 0.05) is 24.6 Å². The number of carbonyl (C=O) groups is 1. The first kappa shape index (κ1) is 18.6. The number of para-hydroxylation sites is 1. The molecule has 0 atom stereocenters. The Morgan fingerprint density at radius 3 is 2.59 bits per heavy atom. The van der Waals surface area contributed by atoms with Gasteiger partial charge in [0.05, 0.1) is 11.9 Å². The van der Waals surface area contributed by atoms with Crippen LogP contribution in [0.15, 0.2) is 61.1 Å². The summed E-state index contributed by atoms with van der Waals surface area (Å²) in [6.45, 7) is 6.86. The van der Waals surface area contributed by atoms with Crippen LogP contribution in [0.2, 0.25) is 0 Å². The molecule has 2 heterocycles. The molecule has 0 saturated heterocycles. The predicted molar refractivity (Wildman–Crippen MR) is 108 cm³/mol. The molecule has 0 saturated carbocycles. The fourth-order valence-corrected chi connectivity index (χ4v) is 2.86. The summed E-state index contributed by atoms with van der Waals surface area (Å²) in [7, 11) is 0. The third kappa shape index (κ3) is 4.70. The van der Waals surface area contributed by atoms with E-state index in [2.05, 4.69) is 59.6 Å². The first-order valence-electron chi connectivity index (χ1n) is 9.04. The molecule has 5 nitrogen and oxygen atoms in total. The number of aromatic nitrogens is 2. The van der Waals surface area contributed by atoms with Gasteiger partial charge in [-0.15, -0.1) is 0 Å². The summed E-state index contributed by atoms with van der Waals surface area (Å²) in [6.07, 6.45) is 5.13. The number of benzene rings is 1. The number of aryl methyl sites for hydroxylation is 1. The van der Waals surface area contributed by atoms with E-state index in [0.29, 0.717) is 18.2 Å². The summed E-state index contributed by atoms with van der Waals surface area (Å²) in [5, 5.41) is 6.30. The second kappa shape index (κ2) is 8.45. The van der Waals surface area contributed by atoms with Crippen molar-refractivity contribution in [3.8, 4) is 0 Å². The van der Waals surface area contributed by atoms with Gasteiger partial charge in [-0.05, 0) is 47.7 Å². The van der Waals surface area contributed by atoms with Gasteiger partial charge in [0.1, 0.15) is 5.69 Å². The molecule has 138 valence electrons. The van der Waals surface area contributed by atoms with Crippen LogP contribution in [0.5, 0.6) is 0 Å². The van der Waals surface area contributed by atoms with Crippen LogP contribution < -0.4 is 10.6 Å². The first-order chi connectivity index (χ1) is 13.0. The Bertz CT molecular complexity index is 905. The fraction of sp³-hybridized carbons (Fsp3) is 0.227. The highest BCUT2D eigenvalue weighted by Gasteiger charge is 2.11. The Morgan fingerprint density at radius 2 is 1.93 bits per heavy atom. The lowest BCUT2D eigenvalue weighted by Crippen LogP contribution is -2.23. The van der Waals surface area contributed by atoms with Crippen LogP contribution in [-0.2, 0) is 6.54 Å². The SMILES string of the molecule is Cc1cccc(C(C)C)c1Nc1ccc(C(=O)NCc2cccnc2)nc1. The molecule has 0 spiro atoms. The van der Waals surface area contributed by atoms with E-state index in [0.717, 1.165) is 16.9 Å². The number of nitrogens with one attached hydrogen (secondary N) is 2. The van der Waals surface area contributed by atoms with Crippen molar-refractivity contribution in [2.75, 3.05) is 5.32 Å². The molecule has 0 radical (unpaired) electrons. The molecule has 5 heteroatoms. The summed E-state index contributed by atoms with van der Waals surface area (Å²) in [4.78, 5) is 20.6. The first-order valence-corrected chi connectivity index (χ1v) is 9.04. The molecule has 2 N–H and O–H groups in total. The largest absolute Gasteiger partial charge is 0.354 e.